The molecule has 0 atom stereocenters. The number of nitrogens with one attached hydrogen (secondary N) is 1. The summed E-state index contributed by atoms with van der Waals surface area (Å²) in [6, 6.07) is 5.80. The van der Waals surface area contributed by atoms with Gasteiger partial charge in [0.2, 0.25) is 0 Å². The number of thiophene rings is 1. The minimum Gasteiger partial charge on any atom is -0.495 e. The summed E-state index contributed by atoms with van der Waals surface area (Å²) in [6.45, 7) is 0.627. The normalized spacial score (nSPS) is 13.7. The average molecular weight is 408 g/mol. The van der Waals surface area contributed by atoms with Crippen molar-refractivity contribution in [3.05, 3.63) is 45.1 Å². The van der Waals surface area contributed by atoms with Gasteiger partial charge in [-0.25, -0.2) is 9.97 Å². The van der Waals surface area contributed by atoms with E-state index in [4.69, 9.17) is 27.9 Å². The van der Waals surface area contributed by atoms with Crippen molar-refractivity contribution in [3.8, 4) is 5.75 Å². The number of anilines is 1. The van der Waals surface area contributed by atoms with Crippen LogP contribution < -0.4 is 10.1 Å². The Bertz CT molecular complexity index is 958. The fourth-order valence-electron chi connectivity index (χ4n) is 3.39. The molecule has 4 rings (SSSR count). The zero-order valence-corrected chi connectivity index (χ0v) is 16.8. The van der Waals surface area contributed by atoms with Gasteiger partial charge in [0.1, 0.15) is 22.2 Å². The van der Waals surface area contributed by atoms with Crippen LogP contribution >= 0.6 is 34.5 Å². The van der Waals surface area contributed by atoms with Gasteiger partial charge in [-0.1, -0.05) is 17.7 Å². The van der Waals surface area contributed by atoms with E-state index in [0.29, 0.717) is 29.0 Å². The van der Waals surface area contributed by atoms with Crippen molar-refractivity contribution in [2.24, 2.45) is 0 Å². The molecule has 0 unspecified atom stereocenters. The first-order chi connectivity index (χ1) is 12.7. The quantitative estimate of drug-likeness (QED) is 0.560. The van der Waals surface area contributed by atoms with Crippen molar-refractivity contribution in [2.75, 3.05) is 12.4 Å². The molecule has 7 heteroatoms. The summed E-state index contributed by atoms with van der Waals surface area (Å²) in [7, 11) is 1.62. The Morgan fingerprint density at radius 2 is 2.08 bits per heavy atom. The summed E-state index contributed by atoms with van der Waals surface area (Å²) in [4.78, 5) is 11.8. The largest absolute Gasteiger partial charge is 0.495 e. The van der Waals surface area contributed by atoms with Gasteiger partial charge in [-0.15, -0.1) is 22.9 Å². The number of benzene rings is 1. The fourth-order valence-corrected chi connectivity index (χ4v) is 5.07. The Morgan fingerprint density at radius 3 is 2.85 bits per heavy atom. The predicted octanol–water partition coefficient (Wildman–Crippen LogP) is 5.58. The Balaban J connectivity index is 1.68. The van der Waals surface area contributed by atoms with Gasteiger partial charge in [0, 0.05) is 11.4 Å². The van der Waals surface area contributed by atoms with Gasteiger partial charge < -0.3 is 10.1 Å². The number of rotatable bonds is 5. The lowest BCUT2D eigenvalue weighted by atomic mass is 9.97. The van der Waals surface area contributed by atoms with Crippen LogP contribution in [0.25, 0.3) is 10.2 Å². The molecule has 0 saturated heterocycles. The van der Waals surface area contributed by atoms with E-state index in [9.17, 15) is 0 Å². The molecule has 0 radical (unpaired) electrons. The third-order valence-electron chi connectivity index (χ3n) is 4.66. The van der Waals surface area contributed by atoms with Crippen LogP contribution in [0.5, 0.6) is 5.75 Å². The minimum atomic E-state index is 0.307. The van der Waals surface area contributed by atoms with E-state index in [-0.39, 0.29) is 0 Å². The SMILES string of the molecule is COc1ccc(CNc2nc(CCl)nc3sc4c(c23)CCCC4)cc1Cl. The summed E-state index contributed by atoms with van der Waals surface area (Å²) < 4.78 is 5.22. The second-order valence-corrected chi connectivity index (χ2v) is 8.09. The van der Waals surface area contributed by atoms with Crippen molar-refractivity contribution in [1.29, 1.82) is 0 Å². The minimum absolute atomic E-state index is 0.307. The number of methoxy groups -OCH3 is 1. The molecule has 136 valence electrons. The molecule has 2 heterocycles. The number of aryl methyl sites for hydroxylation is 2. The predicted molar refractivity (Wildman–Crippen MR) is 109 cm³/mol. The number of hydrogen-bond acceptors (Lipinski definition) is 5. The number of aromatic nitrogens is 2. The molecule has 26 heavy (non-hydrogen) atoms. The molecular formula is C19H19Cl2N3OS. The van der Waals surface area contributed by atoms with Crippen LogP contribution in [-0.2, 0) is 25.3 Å². The first-order valence-electron chi connectivity index (χ1n) is 8.63. The van der Waals surface area contributed by atoms with Gasteiger partial charge in [0.25, 0.3) is 0 Å². The van der Waals surface area contributed by atoms with Gasteiger partial charge in [-0.3, -0.25) is 0 Å². The monoisotopic (exact) mass is 407 g/mol. The van der Waals surface area contributed by atoms with Gasteiger partial charge in [-0.2, -0.15) is 0 Å². The zero-order chi connectivity index (χ0) is 18.1. The van der Waals surface area contributed by atoms with Crippen LogP contribution in [0.2, 0.25) is 5.02 Å². The molecule has 3 aromatic rings. The Labute approximate surface area is 166 Å². The van der Waals surface area contributed by atoms with Crippen LogP contribution in [0.4, 0.5) is 5.82 Å². The molecular weight excluding hydrogens is 389 g/mol. The molecule has 1 aromatic carbocycles. The lowest BCUT2D eigenvalue weighted by molar-refractivity contribution is 0.415. The van der Waals surface area contributed by atoms with Gasteiger partial charge >= 0.3 is 0 Å². The van der Waals surface area contributed by atoms with Crippen LogP contribution in [0.15, 0.2) is 18.2 Å². The van der Waals surface area contributed by atoms with E-state index >= 15 is 0 Å². The summed E-state index contributed by atoms with van der Waals surface area (Å²) in [5.74, 6) is 2.52. The topological polar surface area (TPSA) is 47.0 Å². The third kappa shape index (κ3) is 3.36. The highest BCUT2D eigenvalue weighted by molar-refractivity contribution is 7.19. The molecule has 0 fully saturated rings. The fraction of sp³-hybridized carbons (Fsp3) is 0.368. The second kappa shape index (κ2) is 7.59. The molecule has 1 N–H and O–H groups in total. The summed E-state index contributed by atoms with van der Waals surface area (Å²) in [5.41, 5.74) is 2.48. The second-order valence-electron chi connectivity index (χ2n) is 6.34. The van der Waals surface area contributed by atoms with Crippen LogP contribution in [0.3, 0.4) is 0 Å². The van der Waals surface area contributed by atoms with E-state index in [2.05, 4.69) is 15.3 Å². The number of ether oxygens (including phenoxy) is 1. The standard InChI is InChI=1S/C19H19Cl2N3OS/c1-25-14-7-6-11(8-13(14)21)10-22-18-17-12-4-2-3-5-15(12)26-19(17)24-16(9-20)23-18/h6-8H,2-5,9-10H2,1H3,(H,22,23,24). The van der Waals surface area contributed by atoms with E-state index < -0.39 is 0 Å². The first-order valence-corrected chi connectivity index (χ1v) is 10.4. The van der Waals surface area contributed by atoms with Crippen molar-refractivity contribution >= 4 is 50.6 Å². The average Bonchev–Trinajstić information content (AvgIpc) is 3.04. The van der Waals surface area contributed by atoms with Crippen LogP contribution in [-0.4, -0.2) is 17.1 Å². The molecule has 4 nitrogen and oxygen atoms in total. The number of alkyl halides is 1. The van der Waals surface area contributed by atoms with E-state index in [0.717, 1.165) is 34.4 Å². The number of hydrogen-bond donors (Lipinski definition) is 1. The van der Waals surface area contributed by atoms with Crippen molar-refractivity contribution in [2.45, 2.75) is 38.1 Å². The van der Waals surface area contributed by atoms with Crippen molar-refractivity contribution in [1.82, 2.24) is 9.97 Å². The van der Waals surface area contributed by atoms with Crippen molar-refractivity contribution < 1.29 is 4.74 Å². The van der Waals surface area contributed by atoms with Crippen LogP contribution in [0, 0.1) is 0 Å². The zero-order valence-electron chi connectivity index (χ0n) is 14.4. The van der Waals surface area contributed by atoms with Crippen LogP contribution in [0.1, 0.15) is 34.7 Å². The lowest BCUT2D eigenvalue weighted by Gasteiger charge is -2.13. The summed E-state index contributed by atoms with van der Waals surface area (Å²) >= 11 is 14.0. The molecule has 0 bridgehead atoms. The summed E-state index contributed by atoms with van der Waals surface area (Å²) in [5, 5.41) is 5.25. The number of nitrogens with zero attached hydrogens (tertiary/aromatic N) is 2. The van der Waals surface area contributed by atoms with Gasteiger partial charge in [0.15, 0.2) is 0 Å². The lowest BCUT2D eigenvalue weighted by Crippen LogP contribution is -2.06. The molecule has 1 aliphatic carbocycles. The van der Waals surface area contributed by atoms with E-state index in [1.54, 1.807) is 18.4 Å². The smallest absolute Gasteiger partial charge is 0.147 e. The van der Waals surface area contributed by atoms with E-state index in [1.807, 2.05) is 18.2 Å². The molecule has 1 aliphatic rings. The Kier molecular flexibility index (Phi) is 5.20. The molecule has 0 aliphatic heterocycles. The van der Waals surface area contributed by atoms with Gasteiger partial charge in [0.05, 0.1) is 23.4 Å². The molecule has 0 amide bonds. The first kappa shape index (κ1) is 17.8. The Morgan fingerprint density at radius 1 is 1.23 bits per heavy atom. The summed E-state index contributed by atoms with van der Waals surface area (Å²) in [6.07, 6.45) is 4.72. The third-order valence-corrected chi connectivity index (χ3v) is 6.38. The van der Waals surface area contributed by atoms with Gasteiger partial charge in [-0.05, 0) is 48.9 Å². The highest BCUT2D eigenvalue weighted by atomic mass is 35.5. The number of fused-ring (bicyclic) bond motifs is 3. The maximum atomic E-state index is 6.24. The van der Waals surface area contributed by atoms with E-state index in [1.165, 1.54) is 23.3 Å². The highest BCUT2D eigenvalue weighted by Gasteiger charge is 2.21. The molecule has 0 saturated carbocycles. The van der Waals surface area contributed by atoms with Crippen molar-refractivity contribution in [3.63, 3.8) is 0 Å². The maximum absolute atomic E-state index is 6.24. The molecule has 0 spiro atoms. The maximum Gasteiger partial charge on any atom is 0.147 e. The molecule has 2 aromatic heterocycles. The Hall–Kier alpha value is -1.56. The highest BCUT2D eigenvalue weighted by Crippen LogP contribution is 2.39. The number of halogens is 2.